The summed E-state index contributed by atoms with van der Waals surface area (Å²) in [6.45, 7) is 5.27. The molecule has 0 amide bonds. The van der Waals surface area contributed by atoms with Gasteiger partial charge in [0.2, 0.25) is 0 Å². The molecule has 0 radical (unpaired) electrons. The van der Waals surface area contributed by atoms with Gasteiger partial charge in [0, 0.05) is 12.6 Å². The summed E-state index contributed by atoms with van der Waals surface area (Å²) in [6.07, 6.45) is 8.08. The van der Waals surface area contributed by atoms with Crippen LogP contribution in [0, 0.1) is 6.92 Å². The second-order valence-corrected chi connectivity index (χ2v) is 5.83. The fraction of sp³-hybridized carbons (Fsp3) is 0.647. The molecule has 2 heteroatoms. The van der Waals surface area contributed by atoms with E-state index < -0.39 is 0 Å². The molecular weight excluding hydrogens is 232 g/mol. The first-order valence-electron chi connectivity index (χ1n) is 7.80. The molecular formula is C17H28N2. The Morgan fingerprint density at radius 2 is 1.89 bits per heavy atom. The Kier molecular flexibility index (Phi) is 5.87. The predicted octanol–water partition coefficient (Wildman–Crippen LogP) is 3.48. The molecule has 1 fully saturated rings. The van der Waals surface area contributed by atoms with Gasteiger partial charge in [0.05, 0.1) is 0 Å². The first-order valence-corrected chi connectivity index (χ1v) is 7.80. The molecule has 0 spiro atoms. The Bertz CT molecular complexity index is 369. The molecule has 19 heavy (non-hydrogen) atoms. The van der Waals surface area contributed by atoms with Gasteiger partial charge in [0.1, 0.15) is 0 Å². The fourth-order valence-electron chi connectivity index (χ4n) is 3.14. The van der Waals surface area contributed by atoms with Crippen molar-refractivity contribution in [1.82, 2.24) is 4.90 Å². The van der Waals surface area contributed by atoms with E-state index in [1.54, 1.807) is 0 Å². The molecule has 0 bridgehead atoms. The third-order valence-corrected chi connectivity index (χ3v) is 4.38. The van der Waals surface area contributed by atoms with Crippen molar-refractivity contribution in [3.8, 4) is 0 Å². The molecule has 1 aromatic rings. The number of nitrogens with two attached hydrogens (primary N) is 1. The molecule has 0 saturated heterocycles. The van der Waals surface area contributed by atoms with E-state index in [1.807, 2.05) is 0 Å². The van der Waals surface area contributed by atoms with E-state index in [4.69, 9.17) is 5.73 Å². The minimum atomic E-state index is 0.778. The van der Waals surface area contributed by atoms with Gasteiger partial charge in [-0.25, -0.2) is 0 Å². The van der Waals surface area contributed by atoms with Crippen molar-refractivity contribution in [2.24, 2.45) is 5.73 Å². The topological polar surface area (TPSA) is 29.3 Å². The van der Waals surface area contributed by atoms with E-state index in [-0.39, 0.29) is 0 Å². The van der Waals surface area contributed by atoms with Crippen molar-refractivity contribution in [3.63, 3.8) is 0 Å². The lowest BCUT2D eigenvalue weighted by molar-refractivity contribution is 0.147. The van der Waals surface area contributed by atoms with E-state index in [0.29, 0.717) is 0 Å². The average molecular weight is 260 g/mol. The minimum Gasteiger partial charge on any atom is -0.330 e. The predicted molar refractivity (Wildman–Crippen MR) is 82.1 cm³/mol. The van der Waals surface area contributed by atoms with Gasteiger partial charge in [-0.1, -0.05) is 43.5 Å². The first-order chi connectivity index (χ1) is 9.31. The number of nitrogens with zero attached hydrogens (tertiary/aromatic N) is 1. The van der Waals surface area contributed by atoms with Gasteiger partial charge in [-0.15, -0.1) is 0 Å². The molecule has 0 aliphatic heterocycles. The summed E-state index contributed by atoms with van der Waals surface area (Å²) in [7, 11) is 0. The lowest BCUT2D eigenvalue weighted by Crippen LogP contribution is -2.37. The molecule has 1 aromatic carbocycles. The summed E-state index contributed by atoms with van der Waals surface area (Å²) >= 11 is 0. The van der Waals surface area contributed by atoms with Gasteiger partial charge in [-0.2, -0.15) is 0 Å². The van der Waals surface area contributed by atoms with Crippen molar-refractivity contribution < 1.29 is 0 Å². The summed E-state index contributed by atoms with van der Waals surface area (Å²) in [5.74, 6) is 0. The second kappa shape index (κ2) is 7.66. The van der Waals surface area contributed by atoms with Crippen LogP contribution in [0.5, 0.6) is 0 Å². The zero-order valence-corrected chi connectivity index (χ0v) is 12.3. The average Bonchev–Trinajstić information content (AvgIpc) is 2.46. The van der Waals surface area contributed by atoms with E-state index in [0.717, 1.165) is 32.1 Å². The number of hydrogen-bond donors (Lipinski definition) is 1. The minimum absolute atomic E-state index is 0.778. The van der Waals surface area contributed by atoms with Crippen LogP contribution in [0.1, 0.15) is 49.7 Å². The zero-order chi connectivity index (χ0) is 13.5. The normalized spacial score (nSPS) is 17.0. The molecule has 0 aromatic heterocycles. The van der Waals surface area contributed by atoms with E-state index in [9.17, 15) is 0 Å². The molecule has 1 aliphatic carbocycles. The third-order valence-electron chi connectivity index (χ3n) is 4.38. The van der Waals surface area contributed by atoms with Gasteiger partial charge < -0.3 is 5.73 Å². The van der Waals surface area contributed by atoms with Crippen molar-refractivity contribution in [3.05, 3.63) is 35.4 Å². The van der Waals surface area contributed by atoms with E-state index >= 15 is 0 Å². The van der Waals surface area contributed by atoms with Crippen molar-refractivity contribution in [2.45, 2.75) is 58.0 Å². The summed E-state index contributed by atoms with van der Waals surface area (Å²) in [5.41, 5.74) is 8.59. The van der Waals surface area contributed by atoms with Crippen LogP contribution < -0.4 is 5.73 Å². The van der Waals surface area contributed by atoms with Crippen molar-refractivity contribution in [2.75, 3.05) is 13.1 Å². The Morgan fingerprint density at radius 1 is 1.16 bits per heavy atom. The Labute approximate surface area is 118 Å². The molecule has 1 saturated carbocycles. The number of aryl methyl sites for hydroxylation is 1. The molecule has 0 heterocycles. The van der Waals surface area contributed by atoms with Gasteiger partial charge in [0.15, 0.2) is 0 Å². The third kappa shape index (κ3) is 4.32. The second-order valence-electron chi connectivity index (χ2n) is 5.83. The highest BCUT2D eigenvalue weighted by Gasteiger charge is 2.21. The first kappa shape index (κ1) is 14.5. The smallest absolute Gasteiger partial charge is 0.0239 e. The number of rotatable bonds is 6. The van der Waals surface area contributed by atoms with E-state index in [2.05, 4.69) is 36.1 Å². The van der Waals surface area contributed by atoms with Gasteiger partial charge in [-0.3, -0.25) is 4.90 Å². The Hall–Kier alpha value is -0.860. The van der Waals surface area contributed by atoms with Crippen LogP contribution in [0.4, 0.5) is 0 Å². The summed E-state index contributed by atoms with van der Waals surface area (Å²) < 4.78 is 0. The van der Waals surface area contributed by atoms with Crippen LogP contribution in [-0.4, -0.2) is 24.0 Å². The van der Waals surface area contributed by atoms with Crippen LogP contribution >= 0.6 is 0 Å². The SMILES string of the molecule is Cc1ccccc1CN(CCCN)C1CCCCC1. The largest absolute Gasteiger partial charge is 0.330 e. The van der Waals surface area contributed by atoms with Crippen LogP contribution in [0.2, 0.25) is 0 Å². The lowest BCUT2D eigenvalue weighted by Gasteiger charge is -2.34. The highest BCUT2D eigenvalue weighted by Crippen LogP contribution is 2.24. The van der Waals surface area contributed by atoms with Crippen molar-refractivity contribution in [1.29, 1.82) is 0 Å². The highest BCUT2D eigenvalue weighted by atomic mass is 15.2. The van der Waals surface area contributed by atoms with Crippen molar-refractivity contribution >= 4 is 0 Å². The molecule has 2 rings (SSSR count). The molecule has 106 valence electrons. The van der Waals surface area contributed by atoms with Crippen LogP contribution in [-0.2, 0) is 6.54 Å². The summed E-state index contributed by atoms with van der Waals surface area (Å²) in [4.78, 5) is 2.67. The van der Waals surface area contributed by atoms with Gasteiger partial charge in [-0.05, 0) is 50.4 Å². The molecule has 0 unspecified atom stereocenters. The summed E-state index contributed by atoms with van der Waals surface area (Å²) in [5, 5.41) is 0. The number of hydrogen-bond acceptors (Lipinski definition) is 2. The fourth-order valence-corrected chi connectivity index (χ4v) is 3.14. The molecule has 0 atom stereocenters. The van der Waals surface area contributed by atoms with Gasteiger partial charge in [0.25, 0.3) is 0 Å². The maximum absolute atomic E-state index is 5.70. The van der Waals surface area contributed by atoms with E-state index in [1.165, 1.54) is 43.2 Å². The molecule has 2 nitrogen and oxygen atoms in total. The van der Waals surface area contributed by atoms with Gasteiger partial charge >= 0.3 is 0 Å². The van der Waals surface area contributed by atoms with Crippen LogP contribution in [0.15, 0.2) is 24.3 Å². The monoisotopic (exact) mass is 260 g/mol. The maximum atomic E-state index is 5.70. The molecule has 1 aliphatic rings. The van der Waals surface area contributed by atoms with Crippen LogP contribution in [0.3, 0.4) is 0 Å². The Balaban J connectivity index is 2.02. The standard InChI is InChI=1S/C17H28N2/c1-15-8-5-6-9-16(15)14-19(13-7-12-18)17-10-3-2-4-11-17/h5-6,8-9,17H,2-4,7,10-14,18H2,1H3. The Morgan fingerprint density at radius 3 is 2.58 bits per heavy atom. The van der Waals surface area contributed by atoms with Crippen LogP contribution in [0.25, 0.3) is 0 Å². The zero-order valence-electron chi connectivity index (χ0n) is 12.3. The molecule has 2 N–H and O–H groups in total. The highest BCUT2D eigenvalue weighted by molar-refractivity contribution is 5.25. The maximum Gasteiger partial charge on any atom is 0.0239 e. The summed E-state index contributed by atoms with van der Waals surface area (Å²) in [6, 6.07) is 9.55. The lowest BCUT2D eigenvalue weighted by atomic mass is 9.93. The quantitative estimate of drug-likeness (QED) is 0.848. The number of benzene rings is 1.